The summed E-state index contributed by atoms with van der Waals surface area (Å²) in [7, 11) is 0. The van der Waals surface area contributed by atoms with Crippen molar-refractivity contribution in [3.05, 3.63) is 77.0 Å². The molecule has 4 heterocycles. The molecular formula is C44H57N3O8. The predicted molar refractivity (Wildman–Crippen MR) is 210 cm³/mol. The van der Waals surface area contributed by atoms with Gasteiger partial charge in [0.05, 0.1) is 5.52 Å². The van der Waals surface area contributed by atoms with Crippen LogP contribution < -0.4 is 5.32 Å². The van der Waals surface area contributed by atoms with Crippen LogP contribution >= 0.6 is 0 Å². The first-order valence-electron chi connectivity index (χ1n) is 19.8. The van der Waals surface area contributed by atoms with E-state index in [1.807, 2.05) is 22.9 Å². The average molecular weight is 756 g/mol. The lowest BCUT2D eigenvalue weighted by Crippen LogP contribution is -2.56. The lowest BCUT2D eigenvalue weighted by molar-refractivity contribution is -0.249. The Bertz CT molecular complexity index is 1850. The number of hydrogen-bond donors (Lipinski definition) is 1. The van der Waals surface area contributed by atoms with Gasteiger partial charge in [0.2, 0.25) is 0 Å². The Balaban J connectivity index is 1.23. The molecule has 3 aliphatic heterocycles. The molecule has 296 valence electrons. The fraction of sp³-hybridized carbons (Fsp3) is 0.545. The molecule has 3 aliphatic rings. The van der Waals surface area contributed by atoms with Gasteiger partial charge >= 0.3 is 17.9 Å². The molecule has 0 aliphatic carbocycles. The molecule has 0 saturated carbocycles. The highest BCUT2D eigenvalue weighted by molar-refractivity contribution is 5.88. The third-order valence-electron chi connectivity index (χ3n) is 11.5. The highest BCUT2D eigenvalue weighted by atomic mass is 16.6. The Labute approximate surface area is 324 Å². The molecule has 3 fully saturated rings. The molecule has 0 radical (unpaired) electrons. The number of Topliss-reactive ketones (excluding diaryl/α,β-unsaturated/α-hetero) is 1. The Hall–Kier alpha value is -4.32. The van der Waals surface area contributed by atoms with Gasteiger partial charge in [-0.25, -0.2) is 0 Å². The van der Waals surface area contributed by atoms with Crippen molar-refractivity contribution in [2.75, 3.05) is 39.3 Å². The van der Waals surface area contributed by atoms with E-state index >= 15 is 0 Å². The topological polar surface area (TPSA) is 125 Å². The zero-order valence-corrected chi connectivity index (χ0v) is 33.0. The van der Waals surface area contributed by atoms with E-state index in [9.17, 15) is 19.2 Å². The molecule has 2 aromatic carbocycles. The number of hydrogen-bond acceptors (Lipinski definition) is 10. The van der Waals surface area contributed by atoms with Crippen LogP contribution in [0.3, 0.4) is 0 Å². The van der Waals surface area contributed by atoms with Crippen molar-refractivity contribution in [2.45, 2.75) is 104 Å². The Morgan fingerprint density at radius 3 is 2.35 bits per heavy atom. The first-order chi connectivity index (χ1) is 26.4. The molecule has 0 bridgehead atoms. The summed E-state index contributed by atoms with van der Waals surface area (Å²) in [4.78, 5) is 52.1. The quantitative estimate of drug-likeness (QED) is 0.156. The summed E-state index contributed by atoms with van der Waals surface area (Å²) in [5, 5.41) is 4.57. The first-order valence-corrected chi connectivity index (χ1v) is 19.8. The monoisotopic (exact) mass is 755 g/mol. The second-order valence-electron chi connectivity index (χ2n) is 15.9. The van der Waals surface area contributed by atoms with Gasteiger partial charge in [0.1, 0.15) is 24.6 Å². The SMILES string of the molecule is CC(=O)C[C@@H]1[C@@H](OC(C)=O)[C@H](n2cc(Cc3ccc(/C=C/CCN4CCCC5(CCNCC5)C4)cc3)c3c(C)cccc32)O[C@H](COC(C)=O)[C@H]1OC(C)=O. The van der Waals surface area contributed by atoms with Crippen LogP contribution in [0.5, 0.6) is 0 Å². The van der Waals surface area contributed by atoms with Gasteiger partial charge in [-0.3, -0.25) is 14.4 Å². The molecule has 3 aromatic rings. The minimum absolute atomic E-state index is 0.0466. The maximum absolute atomic E-state index is 12.7. The molecule has 1 N–H and O–H groups in total. The average Bonchev–Trinajstić information content (AvgIpc) is 3.50. The van der Waals surface area contributed by atoms with Crippen molar-refractivity contribution < 1.29 is 38.1 Å². The molecule has 1 aromatic heterocycles. The third kappa shape index (κ3) is 10.1. The largest absolute Gasteiger partial charge is 0.463 e. The Morgan fingerprint density at radius 1 is 0.927 bits per heavy atom. The van der Waals surface area contributed by atoms with Crippen LogP contribution in [0.15, 0.2) is 54.7 Å². The van der Waals surface area contributed by atoms with E-state index in [-0.39, 0.29) is 18.8 Å². The minimum Gasteiger partial charge on any atom is -0.463 e. The van der Waals surface area contributed by atoms with Crippen LogP contribution in [0, 0.1) is 18.3 Å². The molecular weight excluding hydrogens is 698 g/mol. The summed E-state index contributed by atoms with van der Waals surface area (Å²) in [6, 6.07) is 14.6. The summed E-state index contributed by atoms with van der Waals surface area (Å²) in [6.45, 7) is 13.0. The van der Waals surface area contributed by atoms with Crippen molar-refractivity contribution in [3.8, 4) is 0 Å². The number of carbonyl (C=O) groups excluding carboxylic acids is 4. The van der Waals surface area contributed by atoms with Gasteiger partial charge in [0.15, 0.2) is 12.3 Å². The second kappa shape index (κ2) is 18.1. The van der Waals surface area contributed by atoms with Crippen LogP contribution in [0.4, 0.5) is 0 Å². The van der Waals surface area contributed by atoms with Crippen LogP contribution in [-0.2, 0) is 44.5 Å². The maximum atomic E-state index is 12.7. The van der Waals surface area contributed by atoms with E-state index in [4.69, 9.17) is 18.9 Å². The van der Waals surface area contributed by atoms with Crippen LogP contribution in [0.1, 0.15) is 94.7 Å². The normalized spacial score (nSPS) is 24.2. The van der Waals surface area contributed by atoms with Crippen molar-refractivity contribution in [1.29, 1.82) is 0 Å². The van der Waals surface area contributed by atoms with Crippen molar-refractivity contribution in [3.63, 3.8) is 0 Å². The molecule has 5 atom stereocenters. The molecule has 55 heavy (non-hydrogen) atoms. The van der Waals surface area contributed by atoms with E-state index < -0.39 is 48.4 Å². The van der Waals surface area contributed by atoms with Crippen molar-refractivity contribution in [2.24, 2.45) is 11.3 Å². The summed E-state index contributed by atoms with van der Waals surface area (Å²) < 4.78 is 25.6. The van der Waals surface area contributed by atoms with Gasteiger partial charge < -0.3 is 38.5 Å². The van der Waals surface area contributed by atoms with E-state index in [1.54, 1.807) is 0 Å². The number of carbonyl (C=O) groups is 4. The Kier molecular flexibility index (Phi) is 13.3. The number of esters is 3. The van der Waals surface area contributed by atoms with Crippen molar-refractivity contribution >= 4 is 40.7 Å². The highest BCUT2D eigenvalue weighted by Gasteiger charge is 2.51. The van der Waals surface area contributed by atoms with E-state index in [2.05, 4.69) is 59.6 Å². The number of nitrogens with zero attached hydrogens (tertiary/aromatic N) is 2. The molecule has 11 nitrogen and oxygen atoms in total. The lowest BCUT2D eigenvalue weighted by atomic mass is 9.73. The smallest absolute Gasteiger partial charge is 0.303 e. The second-order valence-corrected chi connectivity index (χ2v) is 15.9. The molecule has 3 saturated heterocycles. The number of fused-ring (bicyclic) bond motifs is 1. The van der Waals surface area contributed by atoms with Gasteiger partial charge in [0.25, 0.3) is 0 Å². The lowest BCUT2D eigenvalue weighted by Gasteiger charge is -2.45. The van der Waals surface area contributed by atoms with Gasteiger partial charge in [-0.05, 0) is 106 Å². The van der Waals surface area contributed by atoms with E-state index in [1.165, 1.54) is 66.5 Å². The van der Waals surface area contributed by atoms with Crippen LogP contribution in [0.2, 0.25) is 0 Å². The predicted octanol–water partition coefficient (Wildman–Crippen LogP) is 6.33. The molecule has 0 amide bonds. The standard InChI is InChI=1S/C44H57N3O8/c1-29-10-8-12-38-40(29)36(25-35-15-13-34(14-16-35)11-6-7-22-46-23-9-17-44(28-46)18-20-45-21-19-44)26-47(38)43-42(54-33(5)51)37(24-30(2)48)41(53-32(4)50)39(55-43)27-52-31(3)49/h6,8,10-16,26,37,39,41-43,45H,7,9,17-25,27-28H2,1-5H3/b11-6+/t37-,39+,41-,42+,43+/m0/s1. The number of piperidine rings is 2. The number of ketones is 1. The summed E-state index contributed by atoms with van der Waals surface area (Å²) in [6.07, 6.45) is 9.57. The zero-order chi connectivity index (χ0) is 39.1. The highest BCUT2D eigenvalue weighted by Crippen LogP contribution is 2.42. The van der Waals surface area contributed by atoms with E-state index in [0.717, 1.165) is 59.2 Å². The Morgan fingerprint density at radius 2 is 1.65 bits per heavy atom. The summed E-state index contributed by atoms with van der Waals surface area (Å²) >= 11 is 0. The van der Waals surface area contributed by atoms with Crippen LogP contribution in [0.25, 0.3) is 17.0 Å². The fourth-order valence-corrected chi connectivity index (χ4v) is 9.06. The fourth-order valence-electron chi connectivity index (χ4n) is 9.06. The number of aromatic nitrogens is 1. The number of ether oxygens (including phenoxy) is 4. The number of rotatable bonds is 13. The number of aryl methyl sites for hydroxylation is 1. The number of benzene rings is 2. The maximum Gasteiger partial charge on any atom is 0.303 e. The first kappa shape index (κ1) is 40.3. The summed E-state index contributed by atoms with van der Waals surface area (Å²) in [5.41, 5.74) is 5.79. The minimum atomic E-state index is -1.01. The molecule has 0 unspecified atom stereocenters. The third-order valence-corrected chi connectivity index (χ3v) is 11.5. The van der Waals surface area contributed by atoms with Gasteiger partial charge in [-0.2, -0.15) is 0 Å². The van der Waals surface area contributed by atoms with E-state index in [0.29, 0.717) is 11.8 Å². The zero-order valence-electron chi connectivity index (χ0n) is 33.0. The van der Waals surface area contributed by atoms with Gasteiger partial charge in [0, 0.05) is 57.8 Å². The molecule has 11 heteroatoms. The van der Waals surface area contributed by atoms with Gasteiger partial charge in [-0.15, -0.1) is 0 Å². The number of likely N-dealkylation sites (tertiary alicyclic amines) is 1. The van der Waals surface area contributed by atoms with Crippen LogP contribution in [-0.4, -0.2) is 90.8 Å². The number of nitrogens with one attached hydrogen (secondary N) is 1. The van der Waals surface area contributed by atoms with Crippen molar-refractivity contribution in [1.82, 2.24) is 14.8 Å². The van der Waals surface area contributed by atoms with Gasteiger partial charge in [-0.1, -0.05) is 48.6 Å². The molecule has 6 rings (SSSR count). The molecule has 1 spiro atoms. The summed E-state index contributed by atoms with van der Waals surface area (Å²) in [5.74, 6) is -2.62.